The van der Waals surface area contributed by atoms with Crippen LogP contribution in [0.25, 0.3) is 0 Å². The summed E-state index contributed by atoms with van der Waals surface area (Å²) < 4.78 is 0. The van der Waals surface area contributed by atoms with E-state index in [1.54, 1.807) is 12.2 Å². The number of hydrogen-bond acceptors (Lipinski definition) is 7. The average Bonchev–Trinajstić information content (AvgIpc) is 2.67. The first-order chi connectivity index (χ1) is 13.8. The minimum atomic E-state index is -1.55. The molecule has 0 amide bonds. The van der Waals surface area contributed by atoms with Gasteiger partial charge in [0.25, 0.3) is 0 Å². The fourth-order valence-corrected chi connectivity index (χ4v) is 2.87. The maximum absolute atomic E-state index is 11.3. The lowest BCUT2D eigenvalue weighted by atomic mass is 9.96. The van der Waals surface area contributed by atoms with Gasteiger partial charge in [-0.15, -0.1) is 0 Å². The number of carbonyl (C=O) groups excluding carboxylic acids is 1. The highest BCUT2D eigenvalue weighted by atomic mass is 16.6. The smallest absolute Gasteiger partial charge is 0.242 e. The molecule has 9 heteroatoms. The molecule has 4 atom stereocenters. The summed E-state index contributed by atoms with van der Waals surface area (Å²) in [7, 11) is 0. The lowest BCUT2D eigenvalue weighted by molar-refractivity contribution is -0.553. The zero-order chi connectivity index (χ0) is 22.1. The molecule has 29 heavy (non-hydrogen) atoms. The molecule has 0 aromatic heterocycles. The van der Waals surface area contributed by atoms with Crippen LogP contribution in [-0.4, -0.2) is 50.6 Å². The molecule has 0 aliphatic heterocycles. The minimum Gasteiger partial charge on any atom is -0.386 e. The number of aldehydes is 1. The Labute approximate surface area is 171 Å². The van der Waals surface area contributed by atoms with Crippen LogP contribution in [0.3, 0.4) is 0 Å². The lowest BCUT2D eigenvalue weighted by Crippen LogP contribution is -2.42. The van der Waals surface area contributed by atoms with E-state index in [0.717, 1.165) is 32.0 Å². The van der Waals surface area contributed by atoms with Crippen molar-refractivity contribution in [1.82, 2.24) is 0 Å². The van der Waals surface area contributed by atoms with Gasteiger partial charge in [-0.05, 0) is 32.1 Å². The molecule has 0 fully saturated rings. The first-order valence-corrected chi connectivity index (χ1v) is 10.2. The Morgan fingerprint density at radius 3 is 1.93 bits per heavy atom. The Bertz CT molecular complexity index is 537. The third-order valence-electron chi connectivity index (χ3n) is 4.67. The van der Waals surface area contributed by atoms with E-state index in [1.165, 1.54) is 6.08 Å². The van der Waals surface area contributed by atoms with Crippen molar-refractivity contribution >= 4 is 6.29 Å². The van der Waals surface area contributed by atoms with E-state index in [2.05, 4.69) is 6.92 Å². The van der Waals surface area contributed by atoms with Crippen LogP contribution in [0, 0.1) is 20.2 Å². The lowest BCUT2D eigenvalue weighted by Gasteiger charge is -2.20. The first-order valence-electron chi connectivity index (χ1n) is 10.2. The fraction of sp³-hybridized carbons (Fsp3) is 0.750. The summed E-state index contributed by atoms with van der Waals surface area (Å²) in [4.78, 5) is 31.4. The van der Waals surface area contributed by atoms with Gasteiger partial charge in [0.1, 0.15) is 18.5 Å². The Morgan fingerprint density at radius 1 is 0.793 bits per heavy atom. The predicted molar refractivity (Wildman–Crippen MR) is 110 cm³/mol. The molecule has 0 radical (unpaired) electrons. The quantitative estimate of drug-likeness (QED) is 0.115. The molecular formula is C20H34N2O7. The number of nitrogens with zero attached hydrogens (tertiary/aromatic N) is 2. The summed E-state index contributed by atoms with van der Waals surface area (Å²) in [5.74, 6) is 0. The molecule has 2 N–H and O–H groups in total. The molecular weight excluding hydrogens is 380 g/mol. The topological polar surface area (TPSA) is 144 Å². The molecule has 0 aliphatic rings. The van der Waals surface area contributed by atoms with Gasteiger partial charge >= 0.3 is 0 Å². The predicted octanol–water partition coefficient (Wildman–Crippen LogP) is 3.23. The van der Waals surface area contributed by atoms with E-state index in [9.17, 15) is 35.2 Å². The van der Waals surface area contributed by atoms with E-state index in [1.807, 2.05) is 6.08 Å². The van der Waals surface area contributed by atoms with Crippen molar-refractivity contribution in [3.05, 3.63) is 44.5 Å². The SMILES string of the molecule is CCCCC/C=C\CC(O)C(CC(O)C(C/C=C\CCCC=O)[N+](=O)[O-])[N+](=O)[O-]. The van der Waals surface area contributed by atoms with E-state index >= 15 is 0 Å². The van der Waals surface area contributed by atoms with Crippen molar-refractivity contribution in [1.29, 1.82) is 0 Å². The first kappa shape index (κ1) is 26.9. The average molecular weight is 414 g/mol. The Kier molecular flexibility index (Phi) is 15.6. The second-order valence-corrected chi connectivity index (χ2v) is 7.08. The van der Waals surface area contributed by atoms with E-state index < -0.39 is 40.6 Å². The van der Waals surface area contributed by atoms with Crippen molar-refractivity contribution in [2.75, 3.05) is 0 Å². The molecule has 0 spiro atoms. The van der Waals surface area contributed by atoms with Gasteiger partial charge < -0.3 is 15.0 Å². The van der Waals surface area contributed by atoms with Crippen LogP contribution in [0.15, 0.2) is 24.3 Å². The van der Waals surface area contributed by atoms with Gasteiger partial charge in [-0.2, -0.15) is 0 Å². The van der Waals surface area contributed by atoms with Crippen LogP contribution in [0.1, 0.15) is 71.1 Å². The molecule has 0 saturated heterocycles. The Hall–Kier alpha value is -2.13. The largest absolute Gasteiger partial charge is 0.386 e. The molecule has 0 aromatic rings. The van der Waals surface area contributed by atoms with Gasteiger partial charge in [0.2, 0.25) is 12.1 Å². The van der Waals surface area contributed by atoms with Gasteiger partial charge in [0.15, 0.2) is 0 Å². The van der Waals surface area contributed by atoms with Gasteiger partial charge in [-0.25, -0.2) is 0 Å². The monoisotopic (exact) mass is 414 g/mol. The van der Waals surface area contributed by atoms with E-state index in [-0.39, 0.29) is 12.8 Å². The molecule has 0 bridgehead atoms. The van der Waals surface area contributed by atoms with Crippen LogP contribution in [0.5, 0.6) is 0 Å². The number of nitro groups is 2. The maximum Gasteiger partial charge on any atom is 0.242 e. The zero-order valence-electron chi connectivity index (χ0n) is 17.1. The third-order valence-corrected chi connectivity index (χ3v) is 4.67. The van der Waals surface area contributed by atoms with Crippen LogP contribution in [0.2, 0.25) is 0 Å². The van der Waals surface area contributed by atoms with Crippen molar-refractivity contribution in [3.8, 4) is 0 Å². The van der Waals surface area contributed by atoms with Crippen LogP contribution in [0.4, 0.5) is 0 Å². The number of aliphatic hydroxyl groups excluding tert-OH is 2. The van der Waals surface area contributed by atoms with Crippen LogP contribution >= 0.6 is 0 Å². The summed E-state index contributed by atoms with van der Waals surface area (Å²) in [6, 6.07) is -2.87. The number of hydrogen-bond donors (Lipinski definition) is 2. The number of aliphatic hydroxyl groups is 2. The summed E-state index contributed by atoms with van der Waals surface area (Å²) in [5, 5.41) is 42.9. The van der Waals surface area contributed by atoms with Crippen LogP contribution in [-0.2, 0) is 4.79 Å². The number of allylic oxidation sites excluding steroid dienone is 2. The number of carbonyl (C=O) groups is 1. The fourth-order valence-electron chi connectivity index (χ4n) is 2.87. The van der Waals surface area contributed by atoms with Gasteiger partial charge in [0.05, 0.1) is 6.42 Å². The summed E-state index contributed by atoms with van der Waals surface area (Å²) in [6.45, 7) is 2.09. The molecule has 9 nitrogen and oxygen atoms in total. The minimum absolute atomic E-state index is 0.0598. The second kappa shape index (κ2) is 16.8. The number of unbranched alkanes of at least 4 members (excludes halogenated alkanes) is 5. The highest BCUT2D eigenvalue weighted by Gasteiger charge is 2.38. The second-order valence-electron chi connectivity index (χ2n) is 7.08. The van der Waals surface area contributed by atoms with E-state index in [0.29, 0.717) is 19.3 Å². The molecule has 0 saturated carbocycles. The highest BCUT2D eigenvalue weighted by Crippen LogP contribution is 2.17. The molecule has 0 aromatic carbocycles. The number of rotatable bonds is 18. The highest BCUT2D eigenvalue weighted by molar-refractivity contribution is 5.49. The zero-order valence-corrected chi connectivity index (χ0v) is 17.1. The van der Waals surface area contributed by atoms with Crippen molar-refractivity contribution in [2.24, 2.45) is 0 Å². The van der Waals surface area contributed by atoms with Crippen molar-refractivity contribution < 1.29 is 24.9 Å². The molecule has 166 valence electrons. The molecule has 0 rings (SSSR count). The summed E-state index contributed by atoms with van der Waals surface area (Å²) in [5.41, 5.74) is 0. The third kappa shape index (κ3) is 12.8. The molecule has 0 heterocycles. The van der Waals surface area contributed by atoms with E-state index in [4.69, 9.17) is 0 Å². The normalized spacial score (nSPS) is 16.0. The maximum atomic E-state index is 11.3. The summed E-state index contributed by atoms with van der Waals surface area (Å²) in [6.07, 6.45) is 9.80. The van der Waals surface area contributed by atoms with Gasteiger partial charge in [-0.3, -0.25) is 20.2 Å². The van der Waals surface area contributed by atoms with Gasteiger partial charge in [-0.1, -0.05) is 44.1 Å². The Morgan fingerprint density at radius 2 is 1.38 bits per heavy atom. The summed E-state index contributed by atoms with van der Waals surface area (Å²) >= 11 is 0. The van der Waals surface area contributed by atoms with Gasteiger partial charge in [0, 0.05) is 22.7 Å². The Balaban J connectivity index is 4.71. The van der Waals surface area contributed by atoms with Crippen molar-refractivity contribution in [3.63, 3.8) is 0 Å². The van der Waals surface area contributed by atoms with Crippen molar-refractivity contribution in [2.45, 2.75) is 95.4 Å². The van der Waals surface area contributed by atoms with Crippen LogP contribution < -0.4 is 0 Å². The molecule has 0 aliphatic carbocycles. The standard InChI is InChI=1S/C20H34N2O7/c1-2-3-4-5-8-11-14-19(24)18(22(28)29)16-20(25)17(21(26)27)13-10-7-6-9-12-15-23/h7-8,10-11,15,17-20,24-25H,2-6,9,12-14,16H2,1H3/b10-7-,11-8-. The molecule has 4 unspecified atom stereocenters.